The van der Waals surface area contributed by atoms with E-state index in [1.54, 1.807) is 24.4 Å². The molecular weight excluding hydrogens is 354 g/mol. The average Bonchev–Trinajstić information content (AvgIpc) is 3.50. The third kappa shape index (κ3) is 5.48. The van der Waals surface area contributed by atoms with Gasteiger partial charge in [-0.05, 0) is 29.8 Å². The molecule has 1 aliphatic heterocycles. The molecule has 7 heteroatoms. The molecule has 2 heterocycles. The molecule has 1 aromatic heterocycles. The van der Waals surface area contributed by atoms with Crippen molar-refractivity contribution in [2.24, 2.45) is 10.2 Å². The summed E-state index contributed by atoms with van der Waals surface area (Å²) >= 11 is 0. The quantitative estimate of drug-likeness (QED) is 0.658. The van der Waals surface area contributed by atoms with Gasteiger partial charge in [-0.3, -0.25) is 14.6 Å². The lowest BCUT2D eigenvalue weighted by atomic mass is 10.0. The van der Waals surface area contributed by atoms with E-state index in [9.17, 15) is 9.59 Å². The summed E-state index contributed by atoms with van der Waals surface area (Å²) < 4.78 is 0. The number of hydrogen-bond acceptors (Lipinski definition) is 5. The van der Waals surface area contributed by atoms with Gasteiger partial charge in [-0.1, -0.05) is 12.1 Å². The minimum atomic E-state index is -0.444. The number of aromatic nitrogens is 1. The molecule has 28 heavy (non-hydrogen) atoms. The van der Waals surface area contributed by atoms with E-state index in [1.807, 2.05) is 18.2 Å². The average molecular weight is 375 g/mol. The number of rotatable bonds is 9. The lowest BCUT2D eigenvalue weighted by Gasteiger charge is -2.10. The summed E-state index contributed by atoms with van der Waals surface area (Å²) in [6.45, 7) is 0.376. The fraction of sp³-hybridized carbons (Fsp3) is 0.286. The van der Waals surface area contributed by atoms with E-state index >= 15 is 0 Å². The summed E-state index contributed by atoms with van der Waals surface area (Å²) in [5.74, 6) is 2.27. The summed E-state index contributed by atoms with van der Waals surface area (Å²) in [5, 5.41) is 13.8. The maximum Gasteiger partial charge on any atom is 0.257 e. The highest BCUT2D eigenvalue weighted by Crippen LogP contribution is 2.37. The van der Waals surface area contributed by atoms with Crippen molar-refractivity contribution in [3.8, 4) is 12.3 Å². The van der Waals surface area contributed by atoms with Crippen LogP contribution in [0.5, 0.6) is 0 Å². The molecular formula is C21H21N5O2. The number of amides is 2. The Morgan fingerprint density at radius 1 is 1.14 bits per heavy atom. The fourth-order valence-electron chi connectivity index (χ4n) is 2.73. The van der Waals surface area contributed by atoms with Crippen LogP contribution in [-0.4, -0.2) is 22.5 Å². The largest absolute Gasteiger partial charge is 0.352 e. The van der Waals surface area contributed by atoms with Crippen molar-refractivity contribution in [2.75, 3.05) is 5.32 Å². The number of hydrogen-bond donors (Lipinski definition) is 2. The summed E-state index contributed by atoms with van der Waals surface area (Å²) in [6, 6.07) is 10.7. The fourth-order valence-corrected chi connectivity index (χ4v) is 2.73. The third-order valence-electron chi connectivity index (χ3n) is 4.40. The summed E-state index contributed by atoms with van der Waals surface area (Å²) in [6.07, 6.45) is 10.6. The van der Waals surface area contributed by atoms with Gasteiger partial charge in [-0.2, -0.15) is 10.2 Å². The second-order valence-electron chi connectivity index (χ2n) is 6.56. The number of nitrogens with zero attached hydrogens (tertiary/aromatic N) is 3. The summed E-state index contributed by atoms with van der Waals surface area (Å²) in [7, 11) is 0. The van der Waals surface area contributed by atoms with E-state index in [1.165, 1.54) is 6.20 Å². The number of benzene rings is 1. The van der Waals surface area contributed by atoms with Gasteiger partial charge in [0.25, 0.3) is 5.91 Å². The number of carbonyl (C=O) groups excluding carboxylic acids is 2. The normalized spacial score (nSPS) is 13.4. The van der Waals surface area contributed by atoms with Crippen LogP contribution >= 0.6 is 0 Å². The predicted octanol–water partition coefficient (Wildman–Crippen LogP) is 3.31. The van der Waals surface area contributed by atoms with Crippen LogP contribution in [0, 0.1) is 12.3 Å². The first-order chi connectivity index (χ1) is 13.6. The standard InChI is InChI=1S/C21H21N5O2/c1-2-3-10-21(25-26-21)11-9-19(27)23-14-16-6-4-8-18(13-16)24-20(28)17-7-5-12-22-15-17/h1,4-8,12-13,15H,3,9-11,14H2,(H,23,27)(H,24,28). The molecule has 2 aromatic rings. The van der Waals surface area contributed by atoms with Gasteiger partial charge in [0.2, 0.25) is 5.91 Å². The van der Waals surface area contributed by atoms with Crippen molar-refractivity contribution < 1.29 is 9.59 Å². The zero-order valence-corrected chi connectivity index (χ0v) is 15.4. The van der Waals surface area contributed by atoms with Gasteiger partial charge in [0.05, 0.1) is 5.56 Å². The number of nitrogens with one attached hydrogen (secondary N) is 2. The Morgan fingerprint density at radius 2 is 2.00 bits per heavy atom. The van der Waals surface area contributed by atoms with Gasteiger partial charge in [0.1, 0.15) is 0 Å². The Bertz CT molecular complexity index is 912. The highest BCUT2D eigenvalue weighted by Gasteiger charge is 2.39. The van der Waals surface area contributed by atoms with E-state index in [0.717, 1.165) is 5.56 Å². The maximum atomic E-state index is 12.2. The molecule has 1 aromatic carbocycles. The summed E-state index contributed by atoms with van der Waals surface area (Å²) in [4.78, 5) is 28.2. The van der Waals surface area contributed by atoms with Crippen LogP contribution in [0.4, 0.5) is 5.69 Å². The highest BCUT2D eigenvalue weighted by atomic mass is 16.2. The van der Waals surface area contributed by atoms with Gasteiger partial charge in [-0.15, -0.1) is 12.3 Å². The molecule has 3 rings (SSSR count). The minimum absolute atomic E-state index is 0.0674. The first-order valence-electron chi connectivity index (χ1n) is 9.05. The van der Waals surface area contributed by atoms with Crippen LogP contribution in [0.3, 0.4) is 0 Å². The highest BCUT2D eigenvalue weighted by molar-refractivity contribution is 6.04. The summed E-state index contributed by atoms with van der Waals surface area (Å²) in [5.41, 5.74) is 1.58. The van der Waals surface area contributed by atoms with Crippen LogP contribution in [0.15, 0.2) is 59.0 Å². The maximum absolute atomic E-state index is 12.2. The minimum Gasteiger partial charge on any atom is -0.352 e. The van der Waals surface area contributed by atoms with Crippen molar-refractivity contribution in [1.82, 2.24) is 10.3 Å². The Hall–Kier alpha value is -3.53. The Labute approximate surface area is 163 Å². The molecule has 0 radical (unpaired) electrons. The topological polar surface area (TPSA) is 95.8 Å². The van der Waals surface area contributed by atoms with Crippen LogP contribution in [0.25, 0.3) is 0 Å². The molecule has 2 N–H and O–H groups in total. The van der Waals surface area contributed by atoms with E-state index in [2.05, 4.69) is 31.8 Å². The zero-order chi connectivity index (χ0) is 19.8. The van der Waals surface area contributed by atoms with Gasteiger partial charge in [0, 0.05) is 50.3 Å². The second-order valence-corrected chi connectivity index (χ2v) is 6.56. The van der Waals surface area contributed by atoms with E-state index in [4.69, 9.17) is 6.42 Å². The molecule has 0 bridgehead atoms. The number of carbonyl (C=O) groups is 2. The molecule has 1 aliphatic rings. The molecule has 142 valence electrons. The van der Waals surface area contributed by atoms with E-state index < -0.39 is 5.66 Å². The molecule has 0 atom stereocenters. The number of pyridine rings is 1. The SMILES string of the molecule is C#CCCC1(CCC(=O)NCc2cccc(NC(=O)c3cccnc3)c2)N=N1. The van der Waals surface area contributed by atoms with Crippen molar-refractivity contribution in [2.45, 2.75) is 37.9 Å². The molecule has 0 fully saturated rings. The van der Waals surface area contributed by atoms with Crippen LogP contribution in [0.1, 0.15) is 41.6 Å². The monoisotopic (exact) mass is 375 g/mol. The van der Waals surface area contributed by atoms with Gasteiger partial charge < -0.3 is 10.6 Å². The van der Waals surface area contributed by atoms with E-state index in [0.29, 0.717) is 43.5 Å². The number of anilines is 1. The van der Waals surface area contributed by atoms with Crippen molar-refractivity contribution in [3.05, 3.63) is 59.9 Å². The molecule has 7 nitrogen and oxygen atoms in total. The number of terminal acetylenes is 1. The lowest BCUT2D eigenvalue weighted by molar-refractivity contribution is -0.121. The lowest BCUT2D eigenvalue weighted by Crippen LogP contribution is -2.25. The Kier molecular flexibility index (Phi) is 6.12. The first kappa shape index (κ1) is 19.2. The predicted molar refractivity (Wildman–Crippen MR) is 105 cm³/mol. The van der Waals surface area contributed by atoms with Crippen LogP contribution in [0.2, 0.25) is 0 Å². The molecule has 0 saturated carbocycles. The van der Waals surface area contributed by atoms with Gasteiger partial charge >= 0.3 is 0 Å². The van der Waals surface area contributed by atoms with Crippen LogP contribution < -0.4 is 10.6 Å². The first-order valence-corrected chi connectivity index (χ1v) is 9.05. The second kappa shape index (κ2) is 8.91. The molecule has 0 spiro atoms. The molecule has 2 amide bonds. The van der Waals surface area contributed by atoms with E-state index in [-0.39, 0.29) is 11.8 Å². The molecule has 0 aliphatic carbocycles. The van der Waals surface area contributed by atoms with Crippen molar-refractivity contribution in [3.63, 3.8) is 0 Å². The van der Waals surface area contributed by atoms with Crippen molar-refractivity contribution >= 4 is 17.5 Å². The van der Waals surface area contributed by atoms with Gasteiger partial charge in [-0.25, -0.2) is 0 Å². The zero-order valence-electron chi connectivity index (χ0n) is 15.4. The Morgan fingerprint density at radius 3 is 2.71 bits per heavy atom. The van der Waals surface area contributed by atoms with Crippen LogP contribution in [-0.2, 0) is 11.3 Å². The molecule has 0 unspecified atom stereocenters. The smallest absolute Gasteiger partial charge is 0.257 e. The Balaban J connectivity index is 1.46. The van der Waals surface area contributed by atoms with Gasteiger partial charge in [0.15, 0.2) is 5.66 Å². The third-order valence-corrected chi connectivity index (χ3v) is 4.40. The van der Waals surface area contributed by atoms with Crippen molar-refractivity contribution in [1.29, 1.82) is 0 Å². The molecule has 0 saturated heterocycles.